The van der Waals surface area contributed by atoms with E-state index in [2.05, 4.69) is 23.6 Å². The summed E-state index contributed by atoms with van der Waals surface area (Å²) in [6, 6.07) is 0.539. The van der Waals surface area contributed by atoms with Crippen LogP contribution in [0.1, 0.15) is 26.7 Å². The third kappa shape index (κ3) is 4.62. The second kappa shape index (κ2) is 6.08. The van der Waals surface area contributed by atoms with E-state index in [0.29, 0.717) is 6.04 Å². The monoisotopic (exact) mass is 214 g/mol. The van der Waals surface area contributed by atoms with Crippen molar-refractivity contribution in [2.75, 3.05) is 32.7 Å². The molecule has 88 valence electrons. The van der Waals surface area contributed by atoms with Gasteiger partial charge < -0.3 is 10.0 Å². The average Bonchev–Trinajstić information content (AvgIpc) is 3.00. The molecule has 0 spiro atoms. The Morgan fingerprint density at radius 1 is 1.27 bits per heavy atom. The minimum Gasteiger partial charge on any atom is -0.480 e. The summed E-state index contributed by atoms with van der Waals surface area (Å²) in [4.78, 5) is 15.1. The molecule has 0 heterocycles. The summed E-state index contributed by atoms with van der Waals surface area (Å²) in [5.41, 5.74) is 0. The summed E-state index contributed by atoms with van der Waals surface area (Å²) in [6.45, 7) is 8.44. The second-order valence-electron chi connectivity index (χ2n) is 4.12. The van der Waals surface area contributed by atoms with Crippen molar-refractivity contribution in [1.82, 2.24) is 9.80 Å². The van der Waals surface area contributed by atoms with E-state index in [1.54, 1.807) is 0 Å². The van der Waals surface area contributed by atoms with Crippen molar-refractivity contribution in [3.63, 3.8) is 0 Å². The van der Waals surface area contributed by atoms with Crippen molar-refractivity contribution in [2.45, 2.75) is 32.7 Å². The molecule has 0 aliphatic heterocycles. The molecule has 0 amide bonds. The van der Waals surface area contributed by atoms with Crippen molar-refractivity contribution in [2.24, 2.45) is 0 Å². The molecule has 15 heavy (non-hydrogen) atoms. The van der Waals surface area contributed by atoms with Crippen LogP contribution >= 0.6 is 0 Å². The van der Waals surface area contributed by atoms with Gasteiger partial charge in [-0.2, -0.15) is 0 Å². The molecule has 0 aromatic rings. The Kier molecular flexibility index (Phi) is 5.05. The first-order valence-corrected chi connectivity index (χ1v) is 5.85. The lowest BCUT2D eigenvalue weighted by molar-refractivity contribution is -0.138. The van der Waals surface area contributed by atoms with Crippen molar-refractivity contribution < 1.29 is 9.90 Å². The largest absolute Gasteiger partial charge is 0.480 e. The minimum absolute atomic E-state index is 0.200. The van der Waals surface area contributed by atoms with Gasteiger partial charge in [0.15, 0.2) is 0 Å². The average molecular weight is 214 g/mol. The third-order valence-electron chi connectivity index (χ3n) is 3.00. The van der Waals surface area contributed by atoms with E-state index in [0.717, 1.165) is 26.2 Å². The number of carbonyl (C=O) groups is 1. The number of rotatable bonds is 8. The topological polar surface area (TPSA) is 43.8 Å². The molecule has 1 N–H and O–H groups in total. The number of nitrogens with zero attached hydrogens (tertiary/aromatic N) is 2. The Hall–Kier alpha value is -0.610. The highest BCUT2D eigenvalue weighted by molar-refractivity contribution is 5.69. The molecule has 0 bridgehead atoms. The molecule has 1 aliphatic carbocycles. The third-order valence-corrected chi connectivity index (χ3v) is 3.00. The number of aliphatic carboxylic acids is 1. The summed E-state index contributed by atoms with van der Waals surface area (Å²) < 4.78 is 0. The molecule has 1 saturated carbocycles. The molecule has 0 saturated heterocycles. The number of carboxylic acid groups (broad SMARTS) is 1. The van der Waals surface area contributed by atoms with Gasteiger partial charge in [0.05, 0.1) is 6.54 Å². The fourth-order valence-corrected chi connectivity index (χ4v) is 1.81. The zero-order chi connectivity index (χ0) is 11.3. The molecule has 0 radical (unpaired) electrons. The summed E-state index contributed by atoms with van der Waals surface area (Å²) in [5.74, 6) is -0.707. The zero-order valence-corrected chi connectivity index (χ0v) is 9.78. The Labute approximate surface area is 91.9 Å². The van der Waals surface area contributed by atoms with Crippen LogP contribution in [-0.4, -0.2) is 59.6 Å². The molecule has 4 heteroatoms. The van der Waals surface area contributed by atoms with Crippen LogP contribution in [-0.2, 0) is 4.79 Å². The standard InChI is InChI=1S/C11H22N2O2/c1-3-12(4-2)7-8-13(9-11(14)15)10-5-6-10/h10H,3-9H2,1-2H3,(H,14,15). The Morgan fingerprint density at radius 3 is 2.27 bits per heavy atom. The molecule has 0 aromatic heterocycles. The van der Waals surface area contributed by atoms with Crippen LogP contribution in [0.5, 0.6) is 0 Å². The summed E-state index contributed by atoms with van der Waals surface area (Å²) >= 11 is 0. The molecule has 1 rings (SSSR count). The van der Waals surface area contributed by atoms with Crippen LogP contribution in [0.3, 0.4) is 0 Å². The highest BCUT2D eigenvalue weighted by atomic mass is 16.4. The predicted octanol–water partition coefficient (Wildman–Crippen LogP) is 0.877. The van der Waals surface area contributed by atoms with Crippen molar-refractivity contribution >= 4 is 5.97 Å². The first kappa shape index (κ1) is 12.5. The van der Waals surface area contributed by atoms with Gasteiger partial charge >= 0.3 is 5.97 Å². The number of carboxylic acids is 1. The van der Waals surface area contributed by atoms with Gasteiger partial charge in [-0.3, -0.25) is 9.69 Å². The Morgan fingerprint density at radius 2 is 1.87 bits per heavy atom. The fraction of sp³-hybridized carbons (Fsp3) is 0.909. The lowest BCUT2D eigenvalue weighted by Crippen LogP contribution is -2.39. The van der Waals surface area contributed by atoms with Crippen molar-refractivity contribution in [1.29, 1.82) is 0 Å². The first-order chi connectivity index (χ1) is 7.17. The van der Waals surface area contributed by atoms with Gasteiger partial charge in [0.1, 0.15) is 0 Å². The summed E-state index contributed by atoms with van der Waals surface area (Å²) in [5, 5.41) is 8.78. The first-order valence-electron chi connectivity index (χ1n) is 5.85. The van der Waals surface area contributed by atoms with Crippen molar-refractivity contribution in [3.05, 3.63) is 0 Å². The fourth-order valence-electron chi connectivity index (χ4n) is 1.81. The summed E-state index contributed by atoms with van der Waals surface area (Å²) in [6.07, 6.45) is 2.34. The summed E-state index contributed by atoms with van der Waals surface area (Å²) in [7, 11) is 0. The smallest absolute Gasteiger partial charge is 0.317 e. The minimum atomic E-state index is -0.707. The van der Waals surface area contributed by atoms with Crippen LogP contribution < -0.4 is 0 Å². The van der Waals surface area contributed by atoms with Gasteiger partial charge in [0.25, 0.3) is 0 Å². The molecule has 1 aliphatic rings. The van der Waals surface area contributed by atoms with Crippen LogP contribution in [0.4, 0.5) is 0 Å². The molecule has 0 aromatic carbocycles. The Bertz CT molecular complexity index is 201. The van der Waals surface area contributed by atoms with Crippen LogP contribution in [0.15, 0.2) is 0 Å². The van der Waals surface area contributed by atoms with E-state index in [1.165, 1.54) is 12.8 Å². The van der Waals surface area contributed by atoms with E-state index < -0.39 is 5.97 Å². The molecular weight excluding hydrogens is 192 g/mol. The molecule has 4 nitrogen and oxygen atoms in total. The molecular formula is C11H22N2O2. The maximum atomic E-state index is 10.7. The SMILES string of the molecule is CCN(CC)CCN(CC(=O)O)C1CC1. The van der Waals surface area contributed by atoms with Gasteiger partial charge in [-0.25, -0.2) is 0 Å². The molecule has 1 fully saturated rings. The highest BCUT2D eigenvalue weighted by Gasteiger charge is 2.29. The highest BCUT2D eigenvalue weighted by Crippen LogP contribution is 2.26. The Balaban J connectivity index is 2.27. The number of likely N-dealkylation sites (N-methyl/N-ethyl adjacent to an activating group) is 1. The quantitative estimate of drug-likeness (QED) is 0.651. The zero-order valence-electron chi connectivity index (χ0n) is 9.78. The van der Waals surface area contributed by atoms with Crippen LogP contribution in [0, 0.1) is 0 Å². The van der Waals surface area contributed by atoms with Crippen molar-refractivity contribution in [3.8, 4) is 0 Å². The van der Waals surface area contributed by atoms with E-state index in [9.17, 15) is 4.79 Å². The maximum Gasteiger partial charge on any atom is 0.317 e. The van der Waals surface area contributed by atoms with Gasteiger partial charge in [0.2, 0.25) is 0 Å². The number of hydrogen-bond donors (Lipinski definition) is 1. The molecule has 0 atom stereocenters. The lowest BCUT2D eigenvalue weighted by atomic mass is 10.4. The van der Waals surface area contributed by atoms with E-state index in [4.69, 9.17) is 5.11 Å². The lowest BCUT2D eigenvalue weighted by Gasteiger charge is -2.24. The van der Waals surface area contributed by atoms with E-state index in [-0.39, 0.29) is 6.54 Å². The van der Waals surface area contributed by atoms with Gasteiger partial charge in [-0.1, -0.05) is 13.8 Å². The van der Waals surface area contributed by atoms with Crippen LogP contribution in [0.2, 0.25) is 0 Å². The maximum absolute atomic E-state index is 10.7. The van der Waals surface area contributed by atoms with E-state index >= 15 is 0 Å². The van der Waals surface area contributed by atoms with Gasteiger partial charge in [-0.15, -0.1) is 0 Å². The van der Waals surface area contributed by atoms with Gasteiger partial charge in [0, 0.05) is 19.1 Å². The number of hydrogen-bond acceptors (Lipinski definition) is 3. The van der Waals surface area contributed by atoms with Gasteiger partial charge in [-0.05, 0) is 25.9 Å². The van der Waals surface area contributed by atoms with E-state index in [1.807, 2.05) is 0 Å². The van der Waals surface area contributed by atoms with Crippen LogP contribution in [0.25, 0.3) is 0 Å². The normalized spacial score (nSPS) is 16.3. The predicted molar refractivity (Wildman–Crippen MR) is 60.0 cm³/mol. The molecule has 0 unspecified atom stereocenters. The second-order valence-corrected chi connectivity index (χ2v) is 4.12.